The molecule has 1 rings (SSSR count). The highest BCUT2D eigenvalue weighted by atomic mass is 35.5. The van der Waals surface area contributed by atoms with Crippen molar-refractivity contribution in [1.82, 2.24) is 10.3 Å². The fourth-order valence-electron chi connectivity index (χ4n) is 1.12. The van der Waals surface area contributed by atoms with Crippen LogP contribution in [0.1, 0.15) is 16.9 Å². The zero-order valence-corrected chi connectivity index (χ0v) is 9.12. The lowest BCUT2D eigenvalue weighted by molar-refractivity contribution is -0.139. The number of hydrogen-bond acceptors (Lipinski definition) is 2. The summed E-state index contributed by atoms with van der Waals surface area (Å²) in [6, 6.07) is 0.441. The van der Waals surface area contributed by atoms with Crippen LogP contribution >= 0.6 is 11.6 Å². The van der Waals surface area contributed by atoms with E-state index in [2.05, 4.69) is 16.9 Å². The SMILES string of the molecule is C=CCC(NC(=O)c1cc(Cl)c[nH]1)C(=O)O. The number of aromatic nitrogens is 1. The van der Waals surface area contributed by atoms with Crippen molar-refractivity contribution in [1.29, 1.82) is 0 Å². The minimum absolute atomic E-state index is 0.162. The summed E-state index contributed by atoms with van der Waals surface area (Å²) in [6.07, 6.45) is 3.04. The largest absolute Gasteiger partial charge is 0.480 e. The molecule has 0 aromatic carbocycles. The smallest absolute Gasteiger partial charge is 0.326 e. The van der Waals surface area contributed by atoms with Gasteiger partial charge in [0, 0.05) is 6.20 Å². The van der Waals surface area contributed by atoms with Crippen LogP contribution in [0.15, 0.2) is 24.9 Å². The molecule has 1 heterocycles. The number of rotatable bonds is 5. The number of H-pyrrole nitrogens is 1. The first-order chi connectivity index (χ1) is 7.54. The van der Waals surface area contributed by atoms with E-state index >= 15 is 0 Å². The number of amides is 1. The molecule has 0 bridgehead atoms. The maximum Gasteiger partial charge on any atom is 0.326 e. The van der Waals surface area contributed by atoms with Gasteiger partial charge in [-0.15, -0.1) is 6.58 Å². The minimum Gasteiger partial charge on any atom is -0.480 e. The van der Waals surface area contributed by atoms with Crippen LogP contribution in [-0.4, -0.2) is 28.0 Å². The van der Waals surface area contributed by atoms with Gasteiger partial charge in [-0.25, -0.2) is 4.79 Å². The number of carbonyl (C=O) groups is 2. The maximum absolute atomic E-state index is 11.5. The van der Waals surface area contributed by atoms with Gasteiger partial charge in [0.2, 0.25) is 0 Å². The quantitative estimate of drug-likeness (QED) is 0.683. The normalized spacial score (nSPS) is 11.8. The van der Waals surface area contributed by atoms with Crippen molar-refractivity contribution < 1.29 is 14.7 Å². The lowest BCUT2D eigenvalue weighted by Gasteiger charge is -2.11. The molecule has 0 saturated carbocycles. The molecule has 0 fully saturated rings. The molecule has 1 aromatic heterocycles. The Labute approximate surface area is 97.1 Å². The van der Waals surface area contributed by atoms with Crippen molar-refractivity contribution in [3.8, 4) is 0 Å². The first-order valence-corrected chi connectivity index (χ1v) is 4.91. The highest BCUT2D eigenvalue weighted by Crippen LogP contribution is 2.09. The molecule has 0 aliphatic rings. The second kappa shape index (κ2) is 5.37. The molecule has 0 radical (unpaired) electrons. The van der Waals surface area contributed by atoms with Crippen LogP contribution in [0.4, 0.5) is 0 Å². The number of halogens is 1. The first-order valence-electron chi connectivity index (χ1n) is 4.53. The molecule has 16 heavy (non-hydrogen) atoms. The average Bonchev–Trinajstić information content (AvgIpc) is 2.64. The second-order valence-electron chi connectivity index (χ2n) is 3.12. The molecule has 86 valence electrons. The Kier molecular flexibility index (Phi) is 4.13. The molecular formula is C10H11ClN2O3. The van der Waals surface area contributed by atoms with E-state index in [0.29, 0.717) is 5.02 Å². The summed E-state index contributed by atoms with van der Waals surface area (Å²) in [4.78, 5) is 24.9. The van der Waals surface area contributed by atoms with E-state index in [1.807, 2.05) is 0 Å². The Hall–Kier alpha value is -1.75. The minimum atomic E-state index is -1.11. The third kappa shape index (κ3) is 3.13. The Morgan fingerprint density at radius 3 is 2.81 bits per heavy atom. The second-order valence-corrected chi connectivity index (χ2v) is 3.56. The van der Waals surface area contributed by atoms with Crippen LogP contribution in [0.2, 0.25) is 5.02 Å². The van der Waals surface area contributed by atoms with E-state index in [0.717, 1.165) is 0 Å². The van der Waals surface area contributed by atoms with Gasteiger partial charge in [0.15, 0.2) is 0 Å². The van der Waals surface area contributed by atoms with Gasteiger partial charge >= 0.3 is 5.97 Å². The Bertz CT molecular complexity index is 414. The highest BCUT2D eigenvalue weighted by molar-refractivity contribution is 6.30. The van der Waals surface area contributed by atoms with Crippen LogP contribution < -0.4 is 5.32 Å². The molecule has 0 spiro atoms. The summed E-state index contributed by atoms with van der Waals surface area (Å²) in [6.45, 7) is 3.42. The standard InChI is InChI=1S/C10H11ClN2O3/c1-2-3-7(10(15)16)13-9(14)8-4-6(11)5-12-8/h2,4-5,7,12H,1,3H2,(H,13,14)(H,15,16). The van der Waals surface area contributed by atoms with Crippen LogP contribution in [0.25, 0.3) is 0 Å². The van der Waals surface area contributed by atoms with Crippen LogP contribution in [0.5, 0.6) is 0 Å². The molecule has 6 heteroatoms. The summed E-state index contributed by atoms with van der Waals surface area (Å²) in [5.74, 6) is -1.62. The van der Waals surface area contributed by atoms with Crippen LogP contribution in [0, 0.1) is 0 Å². The van der Waals surface area contributed by atoms with Crippen molar-refractivity contribution in [2.75, 3.05) is 0 Å². The van der Waals surface area contributed by atoms with E-state index in [1.54, 1.807) is 0 Å². The van der Waals surface area contributed by atoms with Crippen molar-refractivity contribution in [2.45, 2.75) is 12.5 Å². The molecule has 1 atom stereocenters. The topological polar surface area (TPSA) is 82.2 Å². The van der Waals surface area contributed by atoms with E-state index < -0.39 is 17.9 Å². The predicted octanol–water partition coefficient (Wildman–Crippen LogP) is 1.43. The monoisotopic (exact) mass is 242 g/mol. The van der Waals surface area contributed by atoms with Gasteiger partial charge in [-0.2, -0.15) is 0 Å². The Balaban J connectivity index is 2.68. The van der Waals surface area contributed by atoms with Gasteiger partial charge < -0.3 is 15.4 Å². The predicted molar refractivity (Wildman–Crippen MR) is 59.5 cm³/mol. The number of nitrogens with one attached hydrogen (secondary N) is 2. The van der Waals surface area contributed by atoms with E-state index in [4.69, 9.17) is 16.7 Å². The van der Waals surface area contributed by atoms with E-state index in [-0.39, 0.29) is 12.1 Å². The fourth-order valence-corrected chi connectivity index (χ4v) is 1.29. The zero-order valence-electron chi connectivity index (χ0n) is 8.37. The molecule has 1 aromatic rings. The molecule has 0 aliphatic heterocycles. The van der Waals surface area contributed by atoms with Gasteiger partial charge in [0.25, 0.3) is 5.91 Å². The summed E-state index contributed by atoms with van der Waals surface area (Å²) in [7, 11) is 0. The maximum atomic E-state index is 11.5. The number of carbonyl (C=O) groups excluding carboxylic acids is 1. The highest BCUT2D eigenvalue weighted by Gasteiger charge is 2.19. The van der Waals surface area contributed by atoms with Gasteiger partial charge in [-0.3, -0.25) is 4.79 Å². The van der Waals surface area contributed by atoms with Gasteiger partial charge in [-0.1, -0.05) is 17.7 Å². The third-order valence-corrected chi connectivity index (χ3v) is 2.12. The summed E-state index contributed by atoms with van der Waals surface area (Å²) < 4.78 is 0. The Morgan fingerprint density at radius 1 is 1.69 bits per heavy atom. The molecular weight excluding hydrogens is 232 g/mol. The van der Waals surface area contributed by atoms with Crippen molar-refractivity contribution in [3.63, 3.8) is 0 Å². The summed E-state index contributed by atoms with van der Waals surface area (Å²) in [5, 5.41) is 11.5. The van der Waals surface area contributed by atoms with Gasteiger partial charge in [-0.05, 0) is 12.5 Å². The number of carboxylic acids is 1. The third-order valence-electron chi connectivity index (χ3n) is 1.90. The summed E-state index contributed by atoms with van der Waals surface area (Å²) in [5.41, 5.74) is 0.223. The molecule has 0 saturated heterocycles. The van der Waals surface area contributed by atoms with Gasteiger partial charge in [0.05, 0.1) is 5.02 Å². The van der Waals surface area contributed by atoms with Crippen LogP contribution in [-0.2, 0) is 4.79 Å². The lowest BCUT2D eigenvalue weighted by atomic mass is 10.2. The number of carboxylic acid groups (broad SMARTS) is 1. The van der Waals surface area contributed by atoms with E-state index in [9.17, 15) is 9.59 Å². The van der Waals surface area contributed by atoms with Gasteiger partial charge in [0.1, 0.15) is 11.7 Å². The molecule has 5 nitrogen and oxygen atoms in total. The zero-order chi connectivity index (χ0) is 12.1. The Morgan fingerprint density at radius 2 is 2.38 bits per heavy atom. The van der Waals surface area contributed by atoms with Crippen LogP contribution in [0.3, 0.4) is 0 Å². The fraction of sp³-hybridized carbons (Fsp3) is 0.200. The van der Waals surface area contributed by atoms with Crippen molar-refractivity contribution in [3.05, 3.63) is 35.6 Å². The van der Waals surface area contributed by atoms with E-state index in [1.165, 1.54) is 18.3 Å². The lowest BCUT2D eigenvalue weighted by Crippen LogP contribution is -2.40. The first kappa shape index (κ1) is 12.3. The van der Waals surface area contributed by atoms with Crippen molar-refractivity contribution in [2.24, 2.45) is 0 Å². The van der Waals surface area contributed by atoms with Crippen molar-refractivity contribution >= 4 is 23.5 Å². The summed E-state index contributed by atoms with van der Waals surface area (Å²) >= 11 is 5.62. The number of aliphatic carboxylic acids is 1. The number of hydrogen-bond donors (Lipinski definition) is 3. The number of aromatic amines is 1. The molecule has 1 unspecified atom stereocenters. The average molecular weight is 243 g/mol. The molecule has 3 N–H and O–H groups in total. The molecule has 1 amide bonds. The molecule has 0 aliphatic carbocycles.